The Kier molecular flexibility index (Phi) is 2.30. The molecule has 4 nitrogen and oxygen atoms in total. The molecule has 18 heavy (non-hydrogen) atoms. The molecule has 1 aromatic carbocycles. The van der Waals surface area contributed by atoms with E-state index in [0.717, 1.165) is 27.6 Å². The summed E-state index contributed by atoms with van der Waals surface area (Å²) in [7, 11) is 2.09. The molecule has 0 saturated carbocycles. The van der Waals surface area contributed by atoms with Gasteiger partial charge < -0.3 is 4.57 Å². The lowest BCUT2D eigenvalue weighted by atomic mass is 10.1. The van der Waals surface area contributed by atoms with E-state index in [1.807, 2.05) is 0 Å². The van der Waals surface area contributed by atoms with Gasteiger partial charge in [0.2, 0.25) is 0 Å². The van der Waals surface area contributed by atoms with Crippen LogP contribution in [0.3, 0.4) is 0 Å². The summed E-state index contributed by atoms with van der Waals surface area (Å²) < 4.78 is 2.20. The summed E-state index contributed by atoms with van der Waals surface area (Å²) in [5, 5.41) is 2.09. The second kappa shape index (κ2) is 3.64. The van der Waals surface area contributed by atoms with Crippen molar-refractivity contribution in [2.75, 3.05) is 6.67 Å². The zero-order chi connectivity index (χ0) is 13.0. The van der Waals surface area contributed by atoms with Crippen molar-refractivity contribution in [3.8, 4) is 0 Å². The number of imidazole rings is 1. The van der Waals surface area contributed by atoms with Gasteiger partial charge >= 0.3 is 0 Å². The highest BCUT2D eigenvalue weighted by Crippen LogP contribution is 2.22. The summed E-state index contributed by atoms with van der Waals surface area (Å²) >= 11 is 0. The highest BCUT2D eigenvalue weighted by atomic mass is 15.1. The SMILES string of the molecule is Cc1c2c(c(C)c3c1nc(C(C)C)n3C)=NCN=2. The molecule has 0 fully saturated rings. The lowest BCUT2D eigenvalue weighted by molar-refractivity contribution is 0.721. The van der Waals surface area contributed by atoms with Crippen LogP contribution in [0.1, 0.15) is 36.7 Å². The van der Waals surface area contributed by atoms with Gasteiger partial charge in [-0.15, -0.1) is 0 Å². The third-order valence-electron chi connectivity index (χ3n) is 3.75. The smallest absolute Gasteiger partial charge is 0.130 e. The average Bonchev–Trinajstić information content (AvgIpc) is 2.90. The van der Waals surface area contributed by atoms with E-state index in [0.29, 0.717) is 12.6 Å². The van der Waals surface area contributed by atoms with Gasteiger partial charge in [0.25, 0.3) is 0 Å². The predicted octanol–water partition coefficient (Wildman–Crippen LogP) is 1.52. The summed E-state index contributed by atoms with van der Waals surface area (Å²) in [6.07, 6.45) is 0. The summed E-state index contributed by atoms with van der Waals surface area (Å²) in [6.45, 7) is 9.13. The molecule has 0 amide bonds. The minimum atomic E-state index is 0.421. The van der Waals surface area contributed by atoms with Crippen LogP contribution >= 0.6 is 0 Å². The van der Waals surface area contributed by atoms with Gasteiger partial charge in [0.05, 0.1) is 21.7 Å². The van der Waals surface area contributed by atoms with E-state index in [1.165, 1.54) is 11.1 Å². The number of aromatic nitrogens is 2. The zero-order valence-electron chi connectivity index (χ0n) is 11.6. The van der Waals surface area contributed by atoms with Gasteiger partial charge in [-0.25, -0.2) is 4.98 Å². The average molecular weight is 242 g/mol. The van der Waals surface area contributed by atoms with Crippen LogP contribution in [0.5, 0.6) is 0 Å². The summed E-state index contributed by atoms with van der Waals surface area (Å²) in [5.41, 5.74) is 4.65. The van der Waals surface area contributed by atoms with Crippen LogP contribution in [0, 0.1) is 13.8 Å². The molecule has 0 aliphatic carbocycles. The van der Waals surface area contributed by atoms with Gasteiger partial charge in [-0.2, -0.15) is 0 Å². The van der Waals surface area contributed by atoms with E-state index < -0.39 is 0 Å². The van der Waals surface area contributed by atoms with Gasteiger partial charge in [-0.3, -0.25) is 9.98 Å². The van der Waals surface area contributed by atoms with Gasteiger partial charge in [0.1, 0.15) is 12.5 Å². The standard InChI is InChI=1S/C14H18N4/c1-7(2)14-17-12-8(3)10-11(16-6-15-10)9(4)13(12)18(14)5/h7H,6H2,1-5H3. The van der Waals surface area contributed by atoms with E-state index >= 15 is 0 Å². The molecule has 0 spiro atoms. The van der Waals surface area contributed by atoms with Crippen molar-refractivity contribution in [3.05, 3.63) is 27.7 Å². The second-order valence-corrected chi connectivity index (χ2v) is 5.29. The van der Waals surface area contributed by atoms with E-state index in [1.54, 1.807) is 0 Å². The van der Waals surface area contributed by atoms with Gasteiger partial charge in [0, 0.05) is 24.1 Å². The van der Waals surface area contributed by atoms with Crippen molar-refractivity contribution < 1.29 is 0 Å². The van der Waals surface area contributed by atoms with Crippen LogP contribution in [0.25, 0.3) is 11.0 Å². The molecule has 1 aliphatic rings. The molecule has 0 atom stereocenters. The Labute approximate surface area is 106 Å². The van der Waals surface area contributed by atoms with Crippen LogP contribution in [0.2, 0.25) is 0 Å². The third kappa shape index (κ3) is 1.29. The number of hydrogen-bond acceptors (Lipinski definition) is 3. The van der Waals surface area contributed by atoms with E-state index in [-0.39, 0.29) is 0 Å². The highest BCUT2D eigenvalue weighted by molar-refractivity contribution is 5.82. The van der Waals surface area contributed by atoms with Gasteiger partial charge in [0.15, 0.2) is 0 Å². The Balaban J connectivity index is 2.57. The first-order chi connectivity index (χ1) is 8.52. The number of fused-ring (bicyclic) bond motifs is 2. The number of rotatable bonds is 1. The van der Waals surface area contributed by atoms with Crippen LogP contribution in [0.4, 0.5) is 0 Å². The Morgan fingerprint density at radius 2 is 1.67 bits per heavy atom. The maximum atomic E-state index is 4.81. The van der Waals surface area contributed by atoms with Crippen LogP contribution < -0.4 is 10.7 Å². The van der Waals surface area contributed by atoms with E-state index in [4.69, 9.17) is 4.98 Å². The molecule has 4 heteroatoms. The van der Waals surface area contributed by atoms with Crippen molar-refractivity contribution >= 4 is 11.0 Å². The van der Waals surface area contributed by atoms with E-state index in [9.17, 15) is 0 Å². The molecule has 2 aromatic rings. The van der Waals surface area contributed by atoms with Gasteiger partial charge in [-0.05, 0) is 13.8 Å². The molecule has 0 unspecified atom stereocenters. The topological polar surface area (TPSA) is 42.5 Å². The fourth-order valence-corrected chi connectivity index (χ4v) is 2.87. The van der Waals surface area contributed by atoms with Crippen molar-refractivity contribution in [2.24, 2.45) is 17.0 Å². The normalized spacial score (nSPS) is 13.9. The number of aryl methyl sites for hydroxylation is 3. The van der Waals surface area contributed by atoms with Crippen molar-refractivity contribution in [1.29, 1.82) is 0 Å². The first-order valence-corrected chi connectivity index (χ1v) is 6.36. The molecular weight excluding hydrogens is 224 g/mol. The van der Waals surface area contributed by atoms with Gasteiger partial charge in [-0.1, -0.05) is 13.8 Å². The largest absolute Gasteiger partial charge is 0.331 e. The summed E-state index contributed by atoms with van der Waals surface area (Å²) in [5.74, 6) is 1.55. The lowest BCUT2D eigenvalue weighted by Crippen LogP contribution is -2.28. The summed E-state index contributed by atoms with van der Waals surface area (Å²) in [6, 6.07) is 0. The fraction of sp³-hybridized carbons (Fsp3) is 0.500. The Morgan fingerprint density at radius 1 is 1.06 bits per heavy atom. The predicted molar refractivity (Wildman–Crippen MR) is 71.5 cm³/mol. The maximum Gasteiger partial charge on any atom is 0.130 e. The van der Waals surface area contributed by atoms with Crippen LogP contribution in [0.15, 0.2) is 9.98 Å². The molecular formula is C14H18N4. The second-order valence-electron chi connectivity index (χ2n) is 5.29. The molecule has 0 N–H and O–H groups in total. The minimum absolute atomic E-state index is 0.421. The van der Waals surface area contributed by atoms with Crippen molar-refractivity contribution in [3.63, 3.8) is 0 Å². The quantitative estimate of drug-likeness (QED) is 0.747. The number of benzene rings is 1. The Hall–Kier alpha value is -1.71. The number of nitrogens with zero attached hydrogens (tertiary/aromatic N) is 4. The van der Waals surface area contributed by atoms with Crippen molar-refractivity contribution in [1.82, 2.24) is 9.55 Å². The molecule has 94 valence electrons. The highest BCUT2D eigenvalue weighted by Gasteiger charge is 2.18. The molecule has 0 radical (unpaired) electrons. The molecule has 0 saturated heterocycles. The number of hydrogen-bond donors (Lipinski definition) is 0. The minimum Gasteiger partial charge on any atom is -0.331 e. The first kappa shape index (κ1) is 11.4. The van der Waals surface area contributed by atoms with Crippen LogP contribution in [-0.2, 0) is 7.05 Å². The Bertz CT molecular complexity index is 766. The fourth-order valence-electron chi connectivity index (χ4n) is 2.87. The third-order valence-corrected chi connectivity index (χ3v) is 3.75. The zero-order valence-corrected chi connectivity index (χ0v) is 11.6. The van der Waals surface area contributed by atoms with Crippen LogP contribution in [-0.4, -0.2) is 16.2 Å². The Morgan fingerprint density at radius 3 is 2.28 bits per heavy atom. The lowest BCUT2D eigenvalue weighted by Gasteiger charge is -2.06. The first-order valence-electron chi connectivity index (χ1n) is 6.36. The molecule has 2 heterocycles. The molecule has 0 bridgehead atoms. The van der Waals surface area contributed by atoms with Crippen molar-refractivity contribution in [2.45, 2.75) is 33.6 Å². The summed E-state index contributed by atoms with van der Waals surface area (Å²) in [4.78, 5) is 13.8. The monoisotopic (exact) mass is 242 g/mol. The molecule has 3 rings (SSSR count). The molecule has 1 aliphatic heterocycles. The molecule has 1 aromatic heterocycles. The van der Waals surface area contributed by atoms with E-state index in [2.05, 4.69) is 49.3 Å². The maximum absolute atomic E-state index is 4.81.